The lowest BCUT2D eigenvalue weighted by molar-refractivity contribution is 0.460. The van der Waals surface area contributed by atoms with Gasteiger partial charge in [0.1, 0.15) is 5.15 Å². The fourth-order valence-corrected chi connectivity index (χ4v) is 2.64. The fourth-order valence-electron chi connectivity index (χ4n) is 2.34. The highest BCUT2D eigenvalue weighted by Crippen LogP contribution is 2.31. The largest absolute Gasteiger partial charge is 0.251 e. The minimum Gasteiger partial charge on any atom is -0.251 e. The second-order valence-electron chi connectivity index (χ2n) is 4.94. The summed E-state index contributed by atoms with van der Waals surface area (Å²) in [6, 6.07) is 2.58. The van der Waals surface area contributed by atoms with Crippen LogP contribution in [0.1, 0.15) is 51.3 Å². The topological polar surface area (TPSA) is 17.8 Å². The summed E-state index contributed by atoms with van der Waals surface area (Å²) in [5.41, 5.74) is 1.14. The average Bonchev–Trinajstić information content (AvgIpc) is 2.72. The molecule has 15 heavy (non-hydrogen) atoms. The monoisotopic (exact) mass is 226 g/mol. The number of hydrogen-bond acceptors (Lipinski definition) is 1. The third-order valence-electron chi connectivity index (χ3n) is 3.03. The van der Waals surface area contributed by atoms with Crippen molar-refractivity contribution in [3.63, 3.8) is 0 Å². The van der Waals surface area contributed by atoms with Crippen LogP contribution in [0.3, 0.4) is 0 Å². The molecule has 1 aromatic rings. The third-order valence-corrected chi connectivity index (χ3v) is 3.31. The Kier molecular flexibility index (Phi) is 3.35. The normalized spacial score (nSPS) is 17.9. The molecule has 0 atom stereocenters. The molecule has 0 amide bonds. The molecule has 0 saturated heterocycles. The van der Waals surface area contributed by atoms with Crippen molar-refractivity contribution in [3.8, 4) is 0 Å². The van der Waals surface area contributed by atoms with Gasteiger partial charge in [-0.1, -0.05) is 38.3 Å². The first kappa shape index (κ1) is 11.0. The van der Waals surface area contributed by atoms with E-state index in [4.69, 9.17) is 11.6 Å². The zero-order valence-corrected chi connectivity index (χ0v) is 10.3. The predicted molar refractivity (Wildman–Crippen MR) is 63.3 cm³/mol. The molecule has 1 fully saturated rings. The molecule has 84 valence electrons. The zero-order valence-electron chi connectivity index (χ0n) is 9.54. The number of nitrogens with zero attached hydrogens (tertiary/aromatic N) is 2. The van der Waals surface area contributed by atoms with E-state index in [1.165, 1.54) is 25.7 Å². The second kappa shape index (κ2) is 4.56. The Morgan fingerprint density at radius 1 is 1.47 bits per heavy atom. The molecule has 3 heteroatoms. The van der Waals surface area contributed by atoms with Gasteiger partial charge in [0.05, 0.1) is 11.7 Å². The van der Waals surface area contributed by atoms with Crippen LogP contribution in [0.5, 0.6) is 0 Å². The maximum atomic E-state index is 6.21. The second-order valence-corrected chi connectivity index (χ2v) is 5.33. The summed E-state index contributed by atoms with van der Waals surface area (Å²) in [4.78, 5) is 0. The van der Waals surface area contributed by atoms with Crippen LogP contribution >= 0.6 is 11.6 Å². The summed E-state index contributed by atoms with van der Waals surface area (Å²) >= 11 is 6.21. The molecular weight excluding hydrogens is 208 g/mol. The van der Waals surface area contributed by atoms with Gasteiger partial charge in [-0.25, -0.2) is 0 Å². The SMILES string of the molecule is CC(C)Cc1cc(Cl)n(C2CCCC2)n1. The van der Waals surface area contributed by atoms with E-state index < -0.39 is 0 Å². The standard InChI is InChI=1S/C12H19ClN2/c1-9(2)7-10-8-12(13)15(14-10)11-5-3-4-6-11/h8-9,11H,3-7H2,1-2H3. The molecule has 1 heterocycles. The summed E-state index contributed by atoms with van der Waals surface area (Å²) in [6.45, 7) is 4.42. The van der Waals surface area contributed by atoms with Crippen LogP contribution in [0.4, 0.5) is 0 Å². The lowest BCUT2D eigenvalue weighted by Crippen LogP contribution is -2.07. The van der Waals surface area contributed by atoms with E-state index >= 15 is 0 Å². The van der Waals surface area contributed by atoms with Crippen LogP contribution in [0.25, 0.3) is 0 Å². The van der Waals surface area contributed by atoms with Crippen molar-refractivity contribution < 1.29 is 0 Å². The average molecular weight is 227 g/mol. The van der Waals surface area contributed by atoms with Gasteiger partial charge in [-0.2, -0.15) is 5.10 Å². The molecule has 0 aromatic carbocycles. The molecule has 2 nitrogen and oxygen atoms in total. The number of rotatable bonds is 3. The highest BCUT2D eigenvalue weighted by atomic mass is 35.5. The van der Waals surface area contributed by atoms with Crippen molar-refractivity contribution in [1.29, 1.82) is 0 Å². The molecule has 0 bridgehead atoms. The Bertz CT molecular complexity index is 324. The van der Waals surface area contributed by atoms with Gasteiger partial charge in [0.2, 0.25) is 0 Å². The van der Waals surface area contributed by atoms with Crippen molar-refractivity contribution in [1.82, 2.24) is 9.78 Å². The van der Waals surface area contributed by atoms with Crippen LogP contribution in [0, 0.1) is 5.92 Å². The smallest absolute Gasteiger partial charge is 0.127 e. The number of hydrogen-bond donors (Lipinski definition) is 0. The minimum atomic E-state index is 0.554. The first-order valence-corrected chi connectivity index (χ1v) is 6.28. The van der Waals surface area contributed by atoms with Crippen molar-refractivity contribution in [2.75, 3.05) is 0 Å². The molecular formula is C12H19ClN2. The van der Waals surface area contributed by atoms with Gasteiger partial charge in [-0.15, -0.1) is 0 Å². The van der Waals surface area contributed by atoms with E-state index in [1.54, 1.807) is 0 Å². The van der Waals surface area contributed by atoms with Crippen LogP contribution in [-0.4, -0.2) is 9.78 Å². The summed E-state index contributed by atoms with van der Waals surface area (Å²) in [5, 5.41) is 5.43. The number of aromatic nitrogens is 2. The Labute approximate surface area is 96.6 Å². The van der Waals surface area contributed by atoms with Gasteiger partial charge in [0.25, 0.3) is 0 Å². The molecule has 1 aliphatic rings. The fraction of sp³-hybridized carbons (Fsp3) is 0.750. The maximum absolute atomic E-state index is 6.21. The van der Waals surface area contributed by atoms with E-state index in [2.05, 4.69) is 18.9 Å². The Balaban J connectivity index is 2.13. The molecule has 0 unspecified atom stereocenters. The van der Waals surface area contributed by atoms with Crippen LogP contribution in [-0.2, 0) is 6.42 Å². The molecule has 0 spiro atoms. The van der Waals surface area contributed by atoms with Crippen LogP contribution in [0.15, 0.2) is 6.07 Å². The van der Waals surface area contributed by atoms with Crippen molar-refractivity contribution in [2.45, 2.75) is 52.0 Å². The first-order valence-electron chi connectivity index (χ1n) is 5.90. The summed E-state index contributed by atoms with van der Waals surface area (Å²) in [5.74, 6) is 0.646. The molecule has 2 rings (SSSR count). The Morgan fingerprint density at radius 2 is 2.13 bits per heavy atom. The first-order chi connectivity index (χ1) is 7.16. The Morgan fingerprint density at radius 3 is 2.73 bits per heavy atom. The van der Waals surface area contributed by atoms with Gasteiger partial charge in [-0.05, 0) is 31.2 Å². The quantitative estimate of drug-likeness (QED) is 0.766. The van der Waals surface area contributed by atoms with Gasteiger partial charge >= 0.3 is 0 Å². The molecule has 0 radical (unpaired) electrons. The van der Waals surface area contributed by atoms with Gasteiger partial charge in [0, 0.05) is 0 Å². The van der Waals surface area contributed by atoms with Crippen molar-refractivity contribution in [3.05, 3.63) is 16.9 Å². The van der Waals surface area contributed by atoms with Gasteiger partial charge in [0.15, 0.2) is 0 Å². The highest BCUT2D eigenvalue weighted by Gasteiger charge is 2.20. The van der Waals surface area contributed by atoms with Crippen molar-refractivity contribution in [2.24, 2.45) is 5.92 Å². The lowest BCUT2D eigenvalue weighted by atomic mass is 10.1. The minimum absolute atomic E-state index is 0.554. The third kappa shape index (κ3) is 2.54. The summed E-state index contributed by atoms with van der Waals surface area (Å²) in [6.07, 6.45) is 6.14. The molecule has 1 aliphatic carbocycles. The van der Waals surface area contributed by atoms with E-state index in [-0.39, 0.29) is 0 Å². The van der Waals surface area contributed by atoms with Gasteiger partial charge in [-0.3, -0.25) is 4.68 Å². The lowest BCUT2D eigenvalue weighted by Gasteiger charge is -2.10. The molecule has 0 N–H and O–H groups in total. The van der Waals surface area contributed by atoms with E-state index in [0.717, 1.165) is 17.3 Å². The van der Waals surface area contributed by atoms with E-state index in [1.807, 2.05) is 10.7 Å². The molecule has 0 aliphatic heterocycles. The summed E-state index contributed by atoms with van der Waals surface area (Å²) in [7, 11) is 0. The maximum Gasteiger partial charge on any atom is 0.127 e. The predicted octanol–water partition coefficient (Wildman–Crippen LogP) is 3.85. The Hall–Kier alpha value is -0.500. The molecule has 1 saturated carbocycles. The van der Waals surface area contributed by atoms with E-state index in [9.17, 15) is 0 Å². The van der Waals surface area contributed by atoms with Crippen LogP contribution in [0.2, 0.25) is 5.15 Å². The van der Waals surface area contributed by atoms with Crippen LogP contribution < -0.4 is 0 Å². The van der Waals surface area contributed by atoms with Crippen molar-refractivity contribution >= 4 is 11.6 Å². The zero-order chi connectivity index (χ0) is 10.8. The van der Waals surface area contributed by atoms with Gasteiger partial charge < -0.3 is 0 Å². The summed E-state index contributed by atoms with van der Waals surface area (Å²) < 4.78 is 2.03. The number of halogens is 1. The van der Waals surface area contributed by atoms with E-state index in [0.29, 0.717) is 12.0 Å². The molecule has 1 aromatic heterocycles. The highest BCUT2D eigenvalue weighted by molar-refractivity contribution is 6.29.